The summed E-state index contributed by atoms with van der Waals surface area (Å²) in [6, 6.07) is 8.06. The van der Waals surface area contributed by atoms with E-state index in [-0.39, 0.29) is 0 Å². The van der Waals surface area contributed by atoms with Crippen LogP contribution in [0.1, 0.15) is 43.0 Å². The third-order valence-electron chi connectivity index (χ3n) is 4.68. The molecule has 3 aromatic rings. The minimum absolute atomic E-state index is 0.420. The van der Waals surface area contributed by atoms with E-state index in [0.717, 1.165) is 55.5 Å². The van der Waals surface area contributed by atoms with Gasteiger partial charge < -0.3 is 0 Å². The largest absolute Gasteiger partial charge is 0.297 e. The smallest absolute Gasteiger partial charge is 0.160 e. The molecule has 4 heterocycles. The molecular formula is C18H22N6. The number of hydrogen-bond donors (Lipinski definition) is 0. The van der Waals surface area contributed by atoms with E-state index in [2.05, 4.69) is 42.6 Å². The average Bonchev–Trinajstić information content (AvgIpc) is 3.06. The van der Waals surface area contributed by atoms with Gasteiger partial charge in [0.15, 0.2) is 5.65 Å². The maximum absolute atomic E-state index is 4.64. The Labute approximate surface area is 141 Å². The number of aryl methyl sites for hydroxylation is 1. The fraction of sp³-hybridized carbons (Fsp3) is 0.444. The molecule has 0 radical (unpaired) electrons. The molecule has 0 spiro atoms. The zero-order valence-electron chi connectivity index (χ0n) is 14.0. The predicted molar refractivity (Wildman–Crippen MR) is 91.6 cm³/mol. The number of piperidine rings is 1. The van der Waals surface area contributed by atoms with Crippen LogP contribution in [-0.2, 0) is 13.0 Å². The topological polar surface area (TPSA) is 59.2 Å². The molecule has 0 aliphatic carbocycles. The third kappa shape index (κ3) is 3.01. The first-order valence-corrected chi connectivity index (χ1v) is 8.66. The van der Waals surface area contributed by atoms with E-state index in [1.54, 1.807) is 0 Å². The van der Waals surface area contributed by atoms with Crippen LogP contribution in [0.25, 0.3) is 5.65 Å². The quantitative estimate of drug-likeness (QED) is 0.738. The summed E-state index contributed by atoms with van der Waals surface area (Å²) >= 11 is 0. The maximum Gasteiger partial charge on any atom is 0.160 e. The van der Waals surface area contributed by atoms with Gasteiger partial charge in [-0.3, -0.25) is 9.30 Å². The number of hydrogen-bond acceptors (Lipinski definition) is 5. The summed E-state index contributed by atoms with van der Waals surface area (Å²) in [6.45, 7) is 5.08. The molecule has 4 rings (SSSR count). The van der Waals surface area contributed by atoms with Crippen molar-refractivity contribution in [2.75, 3.05) is 13.1 Å². The van der Waals surface area contributed by atoms with Crippen LogP contribution in [-0.4, -0.2) is 42.6 Å². The first-order chi connectivity index (χ1) is 11.8. The molecule has 0 N–H and O–H groups in total. The highest BCUT2D eigenvalue weighted by atomic mass is 15.3. The highest BCUT2D eigenvalue weighted by Crippen LogP contribution is 2.26. The van der Waals surface area contributed by atoms with E-state index in [0.29, 0.717) is 5.92 Å². The first-order valence-electron chi connectivity index (χ1n) is 8.66. The number of fused-ring (bicyclic) bond motifs is 1. The molecule has 0 unspecified atom stereocenters. The normalized spacial score (nSPS) is 19.0. The van der Waals surface area contributed by atoms with Crippen LogP contribution in [0.15, 0.2) is 36.7 Å². The summed E-state index contributed by atoms with van der Waals surface area (Å²) in [4.78, 5) is 11.4. The lowest BCUT2D eigenvalue weighted by molar-refractivity contribution is 0.194. The second-order valence-corrected chi connectivity index (χ2v) is 6.38. The zero-order valence-corrected chi connectivity index (χ0v) is 14.0. The van der Waals surface area contributed by atoms with Gasteiger partial charge >= 0.3 is 0 Å². The number of nitrogens with zero attached hydrogens (tertiary/aromatic N) is 6. The fourth-order valence-electron chi connectivity index (χ4n) is 3.48. The Balaban J connectivity index is 1.51. The molecule has 1 saturated heterocycles. The molecule has 1 atom stereocenters. The van der Waals surface area contributed by atoms with Crippen LogP contribution in [0.4, 0.5) is 0 Å². The summed E-state index contributed by atoms with van der Waals surface area (Å²) in [5, 5.41) is 8.75. The molecule has 1 aliphatic heterocycles. The predicted octanol–water partition coefficient (Wildman–Crippen LogP) is 2.46. The fourth-order valence-corrected chi connectivity index (χ4v) is 3.48. The van der Waals surface area contributed by atoms with Crippen molar-refractivity contribution in [2.45, 2.75) is 38.6 Å². The summed E-state index contributed by atoms with van der Waals surface area (Å²) in [6.07, 6.45) is 7.15. The van der Waals surface area contributed by atoms with E-state index < -0.39 is 0 Å². The monoisotopic (exact) mass is 322 g/mol. The van der Waals surface area contributed by atoms with Gasteiger partial charge in [-0.2, -0.15) is 0 Å². The molecule has 6 heteroatoms. The van der Waals surface area contributed by atoms with Gasteiger partial charge in [-0.1, -0.05) is 13.0 Å². The maximum atomic E-state index is 4.64. The summed E-state index contributed by atoms with van der Waals surface area (Å²) in [5.74, 6) is 2.42. The molecule has 3 aromatic heterocycles. The van der Waals surface area contributed by atoms with Gasteiger partial charge in [-0.05, 0) is 37.6 Å². The molecule has 0 bridgehead atoms. The Hall–Kier alpha value is -2.34. The first kappa shape index (κ1) is 15.2. The SMILES string of the molecule is CCc1nccc(CN2CCC[C@@H](c3nnc4ccccn34)C2)n1. The van der Waals surface area contributed by atoms with Crippen LogP contribution in [0.2, 0.25) is 0 Å². The van der Waals surface area contributed by atoms with Gasteiger partial charge in [0.1, 0.15) is 11.6 Å². The molecule has 6 nitrogen and oxygen atoms in total. The Bertz CT molecular complexity index is 827. The lowest BCUT2D eigenvalue weighted by Gasteiger charge is -2.31. The minimum Gasteiger partial charge on any atom is -0.297 e. The van der Waals surface area contributed by atoms with Gasteiger partial charge in [0.2, 0.25) is 0 Å². The Morgan fingerprint density at radius 2 is 2.17 bits per heavy atom. The second-order valence-electron chi connectivity index (χ2n) is 6.38. The van der Waals surface area contributed by atoms with Crippen LogP contribution in [0.5, 0.6) is 0 Å². The van der Waals surface area contributed by atoms with E-state index in [1.807, 2.05) is 30.5 Å². The van der Waals surface area contributed by atoms with E-state index in [4.69, 9.17) is 0 Å². The van der Waals surface area contributed by atoms with E-state index in [9.17, 15) is 0 Å². The third-order valence-corrected chi connectivity index (χ3v) is 4.68. The van der Waals surface area contributed by atoms with Crippen LogP contribution < -0.4 is 0 Å². The van der Waals surface area contributed by atoms with Crippen molar-refractivity contribution in [1.29, 1.82) is 0 Å². The lowest BCUT2D eigenvalue weighted by atomic mass is 9.97. The van der Waals surface area contributed by atoms with E-state index >= 15 is 0 Å². The molecule has 1 fully saturated rings. The van der Waals surface area contributed by atoms with Crippen molar-refractivity contribution in [2.24, 2.45) is 0 Å². The van der Waals surface area contributed by atoms with E-state index in [1.165, 1.54) is 6.42 Å². The standard InChI is InChI=1S/C18H22N6/c1-2-16-19-9-8-15(20-16)13-23-10-5-6-14(12-23)18-22-21-17-7-3-4-11-24(17)18/h3-4,7-9,11,14H,2,5-6,10,12-13H2,1H3/t14-/m1/s1. The molecule has 24 heavy (non-hydrogen) atoms. The second kappa shape index (κ2) is 6.65. The van der Waals surface area contributed by atoms with Gasteiger partial charge in [0, 0.05) is 37.8 Å². The number of rotatable bonds is 4. The summed E-state index contributed by atoms with van der Waals surface area (Å²) in [7, 11) is 0. The zero-order chi connectivity index (χ0) is 16.4. The number of aromatic nitrogens is 5. The summed E-state index contributed by atoms with van der Waals surface area (Å²) < 4.78 is 2.12. The molecular weight excluding hydrogens is 300 g/mol. The van der Waals surface area contributed by atoms with Crippen molar-refractivity contribution in [3.8, 4) is 0 Å². The van der Waals surface area contributed by atoms with Crippen LogP contribution in [0, 0.1) is 0 Å². The average molecular weight is 322 g/mol. The van der Waals surface area contributed by atoms with Crippen molar-refractivity contribution >= 4 is 5.65 Å². The molecule has 1 aliphatic rings. The highest BCUT2D eigenvalue weighted by molar-refractivity contribution is 5.37. The van der Waals surface area contributed by atoms with Gasteiger partial charge in [-0.15, -0.1) is 10.2 Å². The number of likely N-dealkylation sites (tertiary alicyclic amines) is 1. The molecule has 0 amide bonds. The molecule has 0 saturated carbocycles. The Morgan fingerprint density at radius 1 is 1.21 bits per heavy atom. The molecule has 124 valence electrons. The van der Waals surface area contributed by atoms with Crippen LogP contribution in [0.3, 0.4) is 0 Å². The van der Waals surface area contributed by atoms with Crippen molar-refractivity contribution in [3.63, 3.8) is 0 Å². The minimum atomic E-state index is 0.420. The van der Waals surface area contributed by atoms with Gasteiger partial charge in [0.25, 0.3) is 0 Å². The Kier molecular flexibility index (Phi) is 4.21. The van der Waals surface area contributed by atoms with Crippen LogP contribution >= 0.6 is 0 Å². The van der Waals surface area contributed by atoms with Crippen molar-refractivity contribution < 1.29 is 0 Å². The van der Waals surface area contributed by atoms with Gasteiger partial charge in [-0.25, -0.2) is 9.97 Å². The highest BCUT2D eigenvalue weighted by Gasteiger charge is 2.25. The number of pyridine rings is 1. The summed E-state index contributed by atoms with van der Waals surface area (Å²) in [5.41, 5.74) is 2.03. The Morgan fingerprint density at radius 3 is 3.08 bits per heavy atom. The molecule has 0 aromatic carbocycles. The van der Waals surface area contributed by atoms with Crippen molar-refractivity contribution in [1.82, 2.24) is 29.5 Å². The lowest BCUT2D eigenvalue weighted by Crippen LogP contribution is -2.34. The van der Waals surface area contributed by atoms with Gasteiger partial charge in [0.05, 0.1) is 5.69 Å². The van der Waals surface area contributed by atoms with Crippen molar-refractivity contribution in [3.05, 3.63) is 54.0 Å².